The Morgan fingerprint density at radius 3 is 2.71 bits per heavy atom. The van der Waals surface area contributed by atoms with Crippen molar-refractivity contribution < 1.29 is 19.2 Å². The molecule has 2 heterocycles. The molecular formula is C17H14N6O5. The molecule has 0 fully saturated rings. The molecule has 0 aliphatic heterocycles. The van der Waals surface area contributed by atoms with Gasteiger partial charge in [-0.2, -0.15) is 4.98 Å². The fraction of sp³-hybridized carbons (Fsp3) is 0.0588. The molecule has 0 saturated heterocycles. The van der Waals surface area contributed by atoms with E-state index in [2.05, 4.69) is 25.8 Å². The van der Waals surface area contributed by atoms with Crippen molar-refractivity contribution in [3.63, 3.8) is 0 Å². The van der Waals surface area contributed by atoms with Gasteiger partial charge in [0.15, 0.2) is 0 Å². The van der Waals surface area contributed by atoms with E-state index in [1.165, 1.54) is 19.5 Å². The molecule has 3 aromatic rings. The molecule has 0 saturated carbocycles. The second kappa shape index (κ2) is 8.40. The summed E-state index contributed by atoms with van der Waals surface area (Å²) in [6, 6.07) is 9.69. The first kappa shape index (κ1) is 18.5. The minimum Gasteiger partial charge on any atom is -0.496 e. The number of methoxy groups -OCH3 is 1. The van der Waals surface area contributed by atoms with Crippen molar-refractivity contribution in [3.05, 3.63) is 70.8 Å². The Balaban J connectivity index is 1.83. The lowest BCUT2D eigenvalue weighted by atomic mass is 10.2. The summed E-state index contributed by atoms with van der Waals surface area (Å²) >= 11 is 0. The molecule has 0 radical (unpaired) electrons. The summed E-state index contributed by atoms with van der Waals surface area (Å²) in [7, 11) is 1.43. The molecule has 0 bridgehead atoms. The summed E-state index contributed by atoms with van der Waals surface area (Å²) in [6.07, 6.45) is 3.97. The molecule has 1 aromatic carbocycles. The van der Waals surface area contributed by atoms with Crippen LogP contribution in [0.2, 0.25) is 0 Å². The Kier molecular flexibility index (Phi) is 5.55. The molecule has 28 heavy (non-hydrogen) atoms. The number of nitro groups is 1. The van der Waals surface area contributed by atoms with Crippen LogP contribution in [0.5, 0.6) is 17.4 Å². The van der Waals surface area contributed by atoms with Gasteiger partial charge in [0.25, 0.3) is 5.91 Å². The van der Waals surface area contributed by atoms with Crippen LogP contribution in [-0.2, 0) is 0 Å². The first-order valence-electron chi connectivity index (χ1n) is 7.86. The number of carbonyl (C=O) groups excluding carboxylic acids is 1. The summed E-state index contributed by atoms with van der Waals surface area (Å²) in [4.78, 5) is 34.6. The van der Waals surface area contributed by atoms with Crippen LogP contribution in [0.25, 0.3) is 0 Å². The van der Waals surface area contributed by atoms with Gasteiger partial charge in [-0.15, -0.1) is 0 Å². The van der Waals surface area contributed by atoms with E-state index in [4.69, 9.17) is 9.47 Å². The van der Waals surface area contributed by atoms with Crippen molar-refractivity contribution in [3.8, 4) is 17.4 Å². The Morgan fingerprint density at radius 1 is 1.18 bits per heavy atom. The minimum absolute atomic E-state index is 0.237. The van der Waals surface area contributed by atoms with E-state index in [9.17, 15) is 14.9 Å². The van der Waals surface area contributed by atoms with E-state index in [-0.39, 0.29) is 23.0 Å². The Morgan fingerprint density at radius 2 is 2.00 bits per heavy atom. The molecule has 11 nitrogen and oxygen atoms in total. The Hall–Kier alpha value is -4.28. The Bertz CT molecular complexity index is 998. The minimum atomic E-state index is -0.719. The van der Waals surface area contributed by atoms with Gasteiger partial charge in [-0.3, -0.25) is 30.7 Å². The van der Waals surface area contributed by atoms with Gasteiger partial charge in [0.1, 0.15) is 17.8 Å². The highest BCUT2D eigenvalue weighted by Gasteiger charge is 2.26. The maximum Gasteiger partial charge on any atom is 0.374 e. The summed E-state index contributed by atoms with van der Waals surface area (Å²) in [5, 5.41) is 11.5. The van der Waals surface area contributed by atoms with Crippen molar-refractivity contribution in [2.75, 3.05) is 12.5 Å². The molecule has 3 rings (SSSR count). The van der Waals surface area contributed by atoms with Gasteiger partial charge in [0, 0.05) is 6.20 Å². The number of hydrogen-bond acceptors (Lipinski definition) is 9. The zero-order chi connectivity index (χ0) is 19.9. The quantitative estimate of drug-likeness (QED) is 0.465. The molecule has 11 heteroatoms. The van der Waals surface area contributed by atoms with Gasteiger partial charge in [-0.1, -0.05) is 12.1 Å². The largest absolute Gasteiger partial charge is 0.496 e. The van der Waals surface area contributed by atoms with Gasteiger partial charge in [-0.25, -0.2) is 4.98 Å². The van der Waals surface area contributed by atoms with Crippen LogP contribution in [0.4, 0.5) is 11.5 Å². The fourth-order valence-electron chi connectivity index (χ4n) is 2.23. The number of hydrazine groups is 1. The molecule has 0 unspecified atom stereocenters. The average Bonchev–Trinajstić information content (AvgIpc) is 2.72. The van der Waals surface area contributed by atoms with Crippen LogP contribution in [-0.4, -0.2) is 32.9 Å². The van der Waals surface area contributed by atoms with Crippen molar-refractivity contribution in [1.82, 2.24) is 20.4 Å². The van der Waals surface area contributed by atoms with Gasteiger partial charge >= 0.3 is 11.6 Å². The highest BCUT2D eigenvalue weighted by molar-refractivity contribution is 5.97. The molecule has 142 valence electrons. The zero-order valence-corrected chi connectivity index (χ0v) is 14.5. The van der Waals surface area contributed by atoms with Crippen LogP contribution < -0.4 is 20.3 Å². The monoisotopic (exact) mass is 382 g/mol. The lowest BCUT2D eigenvalue weighted by molar-refractivity contribution is -0.385. The molecule has 0 aliphatic carbocycles. The van der Waals surface area contributed by atoms with Crippen LogP contribution in [0.15, 0.2) is 55.1 Å². The number of pyridine rings is 1. The van der Waals surface area contributed by atoms with Crippen LogP contribution in [0.1, 0.15) is 10.4 Å². The molecule has 2 aromatic heterocycles. The first-order valence-corrected chi connectivity index (χ1v) is 7.86. The number of aromatic nitrogens is 3. The highest BCUT2D eigenvalue weighted by atomic mass is 16.6. The van der Waals surface area contributed by atoms with E-state index in [1.807, 2.05) is 0 Å². The van der Waals surface area contributed by atoms with Crippen LogP contribution >= 0.6 is 0 Å². The van der Waals surface area contributed by atoms with Crippen LogP contribution in [0.3, 0.4) is 0 Å². The average molecular weight is 382 g/mol. The van der Waals surface area contributed by atoms with Crippen molar-refractivity contribution in [2.45, 2.75) is 0 Å². The summed E-state index contributed by atoms with van der Waals surface area (Å²) in [6.45, 7) is 0. The number of benzene rings is 1. The van der Waals surface area contributed by atoms with Gasteiger partial charge in [0.05, 0.1) is 23.8 Å². The van der Waals surface area contributed by atoms with E-state index in [0.29, 0.717) is 5.75 Å². The number of anilines is 1. The van der Waals surface area contributed by atoms with E-state index in [0.717, 1.165) is 6.33 Å². The molecule has 2 N–H and O–H groups in total. The molecule has 1 amide bonds. The van der Waals surface area contributed by atoms with Gasteiger partial charge < -0.3 is 9.47 Å². The first-order chi connectivity index (χ1) is 13.6. The smallest absolute Gasteiger partial charge is 0.374 e. The normalized spacial score (nSPS) is 10.0. The summed E-state index contributed by atoms with van der Waals surface area (Å²) in [5.41, 5.74) is 4.46. The predicted octanol–water partition coefficient (Wildman–Crippen LogP) is 2.34. The SMILES string of the molecule is COc1ccccc1C(=O)NNc1ncnc(Oc2cccnc2)c1[N+](=O)[O-]. The third kappa shape index (κ3) is 4.09. The molecule has 0 spiro atoms. The number of nitrogens with zero attached hydrogens (tertiary/aromatic N) is 4. The number of carbonyl (C=O) groups is 1. The maximum atomic E-state index is 12.3. The lowest BCUT2D eigenvalue weighted by Gasteiger charge is -2.11. The predicted molar refractivity (Wildman–Crippen MR) is 97.1 cm³/mol. The third-order valence-electron chi connectivity index (χ3n) is 3.47. The van der Waals surface area contributed by atoms with Crippen molar-refractivity contribution in [1.29, 1.82) is 0 Å². The lowest BCUT2D eigenvalue weighted by Crippen LogP contribution is -2.30. The van der Waals surface area contributed by atoms with E-state index >= 15 is 0 Å². The summed E-state index contributed by atoms with van der Waals surface area (Å²) in [5.74, 6) is -0.517. The number of hydrogen-bond donors (Lipinski definition) is 2. The molecule has 0 atom stereocenters. The second-order valence-electron chi connectivity index (χ2n) is 5.20. The zero-order valence-electron chi connectivity index (χ0n) is 14.5. The van der Waals surface area contributed by atoms with Crippen molar-refractivity contribution in [2.24, 2.45) is 0 Å². The number of amides is 1. The molecule has 0 aliphatic rings. The summed E-state index contributed by atoms with van der Waals surface area (Å²) < 4.78 is 10.5. The Labute approximate surface area is 158 Å². The number of ether oxygens (including phenoxy) is 2. The van der Waals surface area contributed by atoms with Gasteiger partial charge in [-0.05, 0) is 24.3 Å². The second-order valence-corrected chi connectivity index (χ2v) is 5.20. The standard InChI is InChI=1S/C17H14N6O5/c1-27-13-7-3-2-6-12(13)16(24)22-21-15-14(23(25)26)17(20-10-19-15)28-11-5-4-8-18-9-11/h2-10H,1H3,(H,22,24)(H,19,20,21). The highest BCUT2D eigenvalue weighted by Crippen LogP contribution is 2.33. The topological polar surface area (TPSA) is 141 Å². The van der Waals surface area contributed by atoms with E-state index < -0.39 is 16.5 Å². The maximum absolute atomic E-state index is 12.3. The number of para-hydroxylation sites is 1. The van der Waals surface area contributed by atoms with E-state index in [1.54, 1.807) is 36.4 Å². The van der Waals surface area contributed by atoms with Gasteiger partial charge in [0.2, 0.25) is 5.82 Å². The number of rotatable bonds is 7. The third-order valence-corrected chi connectivity index (χ3v) is 3.47. The fourth-order valence-corrected chi connectivity index (χ4v) is 2.23. The van der Waals surface area contributed by atoms with Crippen LogP contribution in [0, 0.1) is 10.1 Å². The number of nitrogens with one attached hydrogen (secondary N) is 2. The molecular weight excluding hydrogens is 368 g/mol. The van der Waals surface area contributed by atoms with Crippen molar-refractivity contribution >= 4 is 17.4 Å².